The van der Waals surface area contributed by atoms with Crippen LogP contribution in [-0.4, -0.2) is 78.2 Å². The van der Waals surface area contributed by atoms with Gasteiger partial charge in [0.15, 0.2) is 12.3 Å². The molecule has 0 saturated carbocycles. The molecule has 3 amide bonds. The molecule has 11 heteroatoms. The lowest BCUT2D eigenvalue weighted by atomic mass is 10.0. The van der Waals surface area contributed by atoms with Crippen LogP contribution < -0.4 is 21.3 Å². The van der Waals surface area contributed by atoms with E-state index in [0.29, 0.717) is 25.4 Å². The molecule has 4 atom stereocenters. The summed E-state index contributed by atoms with van der Waals surface area (Å²) in [5.74, 6) is -1.39. The number of benzene rings is 1. The zero-order valence-electron chi connectivity index (χ0n) is 22.6. The number of aromatic amines is 1. The molecule has 2 aromatic rings. The molecule has 2 heterocycles. The summed E-state index contributed by atoms with van der Waals surface area (Å²) in [6, 6.07) is 6.18. The van der Waals surface area contributed by atoms with E-state index in [1.54, 1.807) is 19.2 Å². The fraction of sp³-hybridized carbons (Fsp3) is 0.464. The number of hydrogen-bond donors (Lipinski definition) is 5. The lowest BCUT2D eigenvalue weighted by Crippen LogP contribution is -2.64. The van der Waals surface area contributed by atoms with Crippen LogP contribution in [0.15, 0.2) is 42.6 Å². The predicted octanol–water partition coefficient (Wildman–Crippen LogP) is 0.764. The largest absolute Gasteiger partial charge is 0.361 e. The molecule has 1 aromatic carbocycles. The highest BCUT2D eigenvalue weighted by Crippen LogP contribution is 2.19. The molecule has 1 aliphatic heterocycles. The van der Waals surface area contributed by atoms with Crippen molar-refractivity contribution >= 4 is 41.2 Å². The molecule has 5 N–H and O–H groups in total. The van der Waals surface area contributed by atoms with Crippen molar-refractivity contribution in [2.45, 2.75) is 63.9 Å². The van der Waals surface area contributed by atoms with Gasteiger partial charge in [-0.05, 0) is 36.8 Å². The molecule has 3 rings (SSSR count). The number of nitrogens with one attached hydrogen (secondary N) is 5. The van der Waals surface area contributed by atoms with Crippen molar-refractivity contribution in [3.8, 4) is 0 Å². The van der Waals surface area contributed by atoms with Gasteiger partial charge in [-0.15, -0.1) is 0 Å². The Hall–Kier alpha value is -3.83. The standard InChI is InChI=1S/C28H38N6O5/c1-18(2)13-20(16-35)30-25-27(38)33-26(28(39)34(3)12-8-4-5-11-24(37)32-25)31-21(17-36)14-19-15-29-23-10-7-6-9-22(19)23/h4,6-10,15-18,20-21,25-26,29-31H,5,11-14H2,1-3H3,(H,32,37)(H,33,38)/t20-,21-,25?,26?/m0/s1. The summed E-state index contributed by atoms with van der Waals surface area (Å²) >= 11 is 0. The number of H-pyrrole nitrogens is 1. The minimum absolute atomic E-state index is 0.134. The fourth-order valence-corrected chi connectivity index (χ4v) is 4.47. The summed E-state index contributed by atoms with van der Waals surface area (Å²) < 4.78 is 0. The van der Waals surface area contributed by atoms with Gasteiger partial charge in [0.25, 0.3) is 11.8 Å². The quantitative estimate of drug-likeness (QED) is 0.221. The molecule has 0 aliphatic carbocycles. The molecule has 0 spiro atoms. The van der Waals surface area contributed by atoms with Crippen molar-refractivity contribution in [3.05, 3.63) is 48.2 Å². The summed E-state index contributed by atoms with van der Waals surface area (Å²) in [7, 11) is 1.59. The Morgan fingerprint density at radius 3 is 2.44 bits per heavy atom. The van der Waals surface area contributed by atoms with Gasteiger partial charge in [-0.3, -0.25) is 25.0 Å². The minimum atomic E-state index is -1.27. The Morgan fingerprint density at radius 1 is 1.00 bits per heavy atom. The first kappa shape index (κ1) is 29.7. The monoisotopic (exact) mass is 538 g/mol. The molecular weight excluding hydrogens is 500 g/mol. The number of aromatic nitrogens is 1. The van der Waals surface area contributed by atoms with Crippen LogP contribution in [0.5, 0.6) is 0 Å². The van der Waals surface area contributed by atoms with Gasteiger partial charge in [0.2, 0.25) is 5.91 Å². The summed E-state index contributed by atoms with van der Waals surface area (Å²) in [6.07, 6.45) is 5.52. The van der Waals surface area contributed by atoms with Crippen molar-refractivity contribution < 1.29 is 24.0 Å². The second kappa shape index (κ2) is 14.4. The molecule has 2 unspecified atom stereocenters. The first-order valence-corrected chi connectivity index (χ1v) is 13.2. The third-order valence-electron chi connectivity index (χ3n) is 6.49. The number of nitrogens with zero attached hydrogens (tertiary/aromatic N) is 1. The molecule has 11 nitrogen and oxygen atoms in total. The summed E-state index contributed by atoms with van der Waals surface area (Å²) in [4.78, 5) is 67.7. The van der Waals surface area contributed by atoms with Gasteiger partial charge in [-0.2, -0.15) is 0 Å². The molecule has 0 radical (unpaired) electrons. The highest BCUT2D eigenvalue weighted by atomic mass is 16.2. The van der Waals surface area contributed by atoms with E-state index in [1.165, 1.54) is 4.90 Å². The number of hydrogen-bond acceptors (Lipinski definition) is 7. The van der Waals surface area contributed by atoms with E-state index in [-0.39, 0.29) is 31.2 Å². The van der Waals surface area contributed by atoms with Gasteiger partial charge in [0.05, 0.1) is 12.1 Å². The number of likely N-dealkylation sites (N-methyl/N-ethyl adjacent to an activating group) is 1. The van der Waals surface area contributed by atoms with Gasteiger partial charge >= 0.3 is 0 Å². The number of carbonyl (C=O) groups is 5. The molecule has 39 heavy (non-hydrogen) atoms. The Bertz CT molecular complexity index is 1190. The number of amides is 3. The van der Waals surface area contributed by atoms with Crippen LogP contribution in [0.3, 0.4) is 0 Å². The Morgan fingerprint density at radius 2 is 1.72 bits per heavy atom. The topological polar surface area (TPSA) is 152 Å². The van der Waals surface area contributed by atoms with Crippen LogP contribution in [-0.2, 0) is 30.4 Å². The van der Waals surface area contributed by atoms with Crippen molar-refractivity contribution in [1.29, 1.82) is 0 Å². The van der Waals surface area contributed by atoms with Crippen LogP contribution in [0.1, 0.15) is 38.7 Å². The van der Waals surface area contributed by atoms with E-state index in [9.17, 15) is 24.0 Å². The molecule has 1 aromatic heterocycles. The van der Waals surface area contributed by atoms with Crippen LogP contribution in [0, 0.1) is 5.92 Å². The van der Waals surface area contributed by atoms with Crippen molar-refractivity contribution in [3.63, 3.8) is 0 Å². The van der Waals surface area contributed by atoms with E-state index in [4.69, 9.17) is 0 Å². The zero-order valence-corrected chi connectivity index (χ0v) is 22.6. The van der Waals surface area contributed by atoms with Gasteiger partial charge in [-0.25, -0.2) is 0 Å². The van der Waals surface area contributed by atoms with Gasteiger partial charge in [-0.1, -0.05) is 44.2 Å². The fourth-order valence-electron chi connectivity index (χ4n) is 4.47. The Kier molecular flexibility index (Phi) is 10.9. The molecule has 0 saturated heterocycles. The first-order valence-electron chi connectivity index (χ1n) is 13.2. The molecular formula is C28H38N6O5. The molecule has 1 aliphatic rings. The van der Waals surface area contributed by atoms with E-state index in [0.717, 1.165) is 16.5 Å². The second-order valence-electron chi connectivity index (χ2n) is 10.2. The molecule has 210 valence electrons. The average molecular weight is 539 g/mol. The highest BCUT2D eigenvalue weighted by molar-refractivity contribution is 5.92. The van der Waals surface area contributed by atoms with E-state index < -0.39 is 36.2 Å². The van der Waals surface area contributed by atoms with Crippen LogP contribution in [0.2, 0.25) is 0 Å². The minimum Gasteiger partial charge on any atom is -0.361 e. The Balaban J connectivity index is 1.85. The summed E-state index contributed by atoms with van der Waals surface area (Å²) in [5.41, 5.74) is 1.80. The number of para-hydroxylation sites is 1. The molecule has 0 bridgehead atoms. The predicted molar refractivity (Wildman–Crippen MR) is 147 cm³/mol. The normalized spacial score (nSPS) is 20.9. The maximum absolute atomic E-state index is 13.4. The number of fused-ring (bicyclic) bond motifs is 1. The van der Waals surface area contributed by atoms with Crippen molar-refractivity contribution in [2.24, 2.45) is 5.92 Å². The van der Waals surface area contributed by atoms with Crippen LogP contribution in [0.25, 0.3) is 10.9 Å². The lowest BCUT2D eigenvalue weighted by Gasteiger charge is -2.29. The maximum atomic E-state index is 13.4. The summed E-state index contributed by atoms with van der Waals surface area (Å²) in [6.45, 7) is 4.14. The number of carbonyl (C=O) groups excluding carboxylic acids is 5. The lowest BCUT2D eigenvalue weighted by molar-refractivity contribution is -0.138. The van der Waals surface area contributed by atoms with E-state index in [1.807, 2.05) is 44.3 Å². The smallest absolute Gasteiger partial charge is 0.260 e. The second-order valence-corrected chi connectivity index (χ2v) is 10.2. The zero-order chi connectivity index (χ0) is 28.4. The van der Waals surface area contributed by atoms with Crippen molar-refractivity contribution in [1.82, 2.24) is 31.2 Å². The van der Waals surface area contributed by atoms with Crippen LogP contribution >= 0.6 is 0 Å². The first-order chi connectivity index (χ1) is 18.7. The van der Waals surface area contributed by atoms with Gasteiger partial charge in [0, 0.05) is 37.1 Å². The third-order valence-corrected chi connectivity index (χ3v) is 6.49. The maximum Gasteiger partial charge on any atom is 0.260 e. The van der Waals surface area contributed by atoms with Crippen LogP contribution in [0.4, 0.5) is 0 Å². The van der Waals surface area contributed by atoms with E-state index >= 15 is 0 Å². The number of aldehydes is 2. The third kappa shape index (κ3) is 8.59. The average Bonchev–Trinajstić information content (AvgIpc) is 3.32. The number of allylic oxidation sites excluding steroid dienone is 1. The molecule has 0 fully saturated rings. The SMILES string of the molecule is CC(C)C[C@@H](C=O)NC1NC(=O)CCC=CCN(C)C(=O)C(N[C@H](C=O)Cc2c[nH]c3ccccc23)NC1=O. The van der Waals surface area contributed by atoms with Gasteiger partial charge in [0.1, 0.15) is 12.6 Å². The Labute approximate surface area is 228 Å². The van der Waals surface area contributed by atoms with E-state index in [2.05, 4.69) is 26.3 Å². The summed E-state index contributed by atoms with van der Waals surface area (Å²) in [5, 5.41) is 12.1. The van der Waals surface area contributed by atoms with Gasteiger partial charge < -0.3 is 30.1 Å². The highest BCUT2D eigenvalue weighted by Gasteiger charge is 2.31. The van der Waals surface area contributed by atoms with Crippen molar-refractivity contribution in [2.75, 3.05) is 13.6 Å². The number of rotatable bonds is 10.